The summed E-state index contributed by atoms with van der Waals surface area (Å²) in [5.41, 5.74) is 4.83. The average molecular weight is 476 g/mol. The minimum Gasteiger partial charge on any atom is -0.493 e. The summed E-state index contributed by atoms with van der Waals surface area (Å²) in [4.78, 5) is 36.4. The van der Waals surface area contributed by atoms with Crippen molar-refractivity contribution in [1.29, 1.82) is 0 Å². The summed E-state index contributed by atoms with van der Waals surface area (Å²) in [5, 5.41) is 6.40. The van der Waals surface area contributed by atoms with Gasteiger partial charge in [-0.25, -0.2) is 10.2 Å². The summed E-state index contributed by atoms with van der Waals surface area (Å²) in [5.74, 6) is -0.0969. The van der Waals surface area contributed by atoms with E-state index in [0.29, 0.717) is 33.9 Å². The van der Waals surface area contributed by atoms with Gasteiger partial charge in [-0.2, -0.15) is 5.10 Å². The van der Waals surface area contributed by atoms with Crippen molar-refractivity contribution in [1.82, 2.24) is 10.7 Å². The van der Waals surface area contributed by atoms with Crippen molar-refractivity contribution in [2.45, 2.75) is 6.92 Å². The van der Waals surface area contributed by atoms with Crippen LogP contribution in [0, 0.1) is 6.92 Å². The first kappa shape index (κ1) is 25.0. The largest absolute Gasteiger partial charge is 0.493 e. The number of esters is 1. The van der Waals surface area contributed by atoms with Crippen LogP contribution in [0.15, 0.2) is 71.8 Å². The van der Waals surface area contributed by atoms with Gasteiger partial charge in [-0.1, -0.05) is 17.7 Å². The van der Waals surface area contributed by atoms with E-state index in [1.165, 1.54) is 26.5 Å². The summed E-state index contributed by atoms with van der Waals surface area (Å²) in [7, 11) is 2.99. The molecule has 180 valence electrons. The number of hydrazone groups is 1. The molecule has 9 heteroatoms. The Morgan fingerprint density at radius 3 is 2.17 bits per heavy atom. The number of carbonyl (C=O) groups is 3. The maximum Gasteiger partial charge on any atom is 0.343 e. The maximum absolute atomic E-state index is 12.4. The lowest BCUT2D eigenvalue weighted by Crippen LogP contribution is -2.34. The number of nitrogens with zero attached hydrogens (tertiary/aromatic N) is 1. The molecule has 0 saturated heterocycles. The fraction of sp³-hybridized carbons (Fsp3) is 0.154. The molecule has 0 radical (unpaired) electrons. The van der Waals surface area contributed by atoms with Crippen molar-refractivity contribution in [3.8, 4) is 17.2 Å². The minimum atomic E-state index is -0.549. The van der Waals surface area contributed by atoms with Crippen LogP contribution >= 0.6 is 0 Å². The Bertz CT molecular complexity index is 1220. The SMILES string of the molecule is COc1ccc(C(=O)Oc2ccc(/C=N\NC(=O)CNC(=O)c3ccc(C)cc3)cc2)cc1OC. The normalized spacial score (nSPS) is 10.5. The molecule has 0 aliphatic heterocycles. The fourth-order valence-corrected chi connectivity index (χ4v) is 2.94. The van der Waals surface area contributed by atoms with Gasteiger partial charge in [-0.05, 0) is 67.1 Å². The van der Waals surface area contributed by atoms with E-state index in [2.05, 4.69) is 15.8 Å². The van der Waals surface area contributed by atoms with Crippen LogP contribution < -0.4 is 25.0 Å². The Balaban J connectivity index is 1.47. The Morgan fingerprint density at radius 1 is 0.857 bits per heavy atom. The third-order valence-corrected chi connectivity index (χ3v) is 4.84. The van der Waals surface area contributed by atoms with E-state index in [9.17, 15) is 14.4 Å². The molecule has 0 spiro atoms. The van der Waals surface area contributed by atoms with Crippen LogP contribution in [0.2, 0.25) is 0 Å². The highest BCUT2D eigenvalue weighted by Gasteiger charge is 2.13. The molecule has 2 amide bonds. The summed E-state index contributed by atoms with van der Waals surface area (Å²) in [6.07, 6.45) is 1.43. The number of hydrogen-bond donors (Lipinski definition) is 2. The molecule has 0 fully saturated rings. The Hall–Kier alpha value is -4.66. The highest BCUT2D eigenvalue weighted by atomic mass is 16.5. The number of amides is 2. The van der Waals surface area contributed by atoms with Crippen LogP contribution in [0.25, 0.3) is 0 Å². The monoisotopic (exact) mass is 475 g/mol. The molecule has 0 aromatic heterocycles. The lowest BCUT2D eigenvalue weighted by Gasteiger charge is -2.09. The van der Waals surface area contributed by atoms with E-state index >= 15 is 0 Å². The number of methoxy groups -OCH3 is 2. The Kier molecular flexibility index (Phi) is 8.55. The summed E-state index contributed by atoms with van der Waals surface area (Å²) >= 11 is 0. The molecule has 3 aromatic rings. The van der Waals surface area contributed by atoms with Crippen molar-refractivity contribution in [3.63, 3.8) is 0 Å². The zero-order valence-electron chi connectivity index (χ0n) is 19.5. The second-order valence-corrected chi connectivity index (χ2v) is 7.37. The van der Waals surface area contributed by atoms with Gasteiger partial charge in [0.25, 0.3) is 11.8 Å². The first-order valence-corrected chi connectivity index (χ1v) is 10.6. The highest BCUT2D eigenvalue weighted by Crippen LogP contribution is 2.28. The number of aryl methyl sites for hydroxylation is 1. The van der Waals surface area contributed by atoms with Gasteiger partial charge in [0.2, 0.25) is 0 Å². The van der Waals surface area contributed by atoms with Crippen molar-refractivity contribution in [2.24, 2.45) is 5.10 Å². The number of hydrogen-bond acceptors (Lipinski definition) is 7. The van der Waals surface area contributed by atoms with Gasteiger partial charge >= 0.3 is 5.97 Å². The lowest BCUT2D eigenvalue weighted by atomic mass is 10.1. The number of rotatable bonds is 9. The average Bonchev–Trinajstić information content (AvgIpc) is 2.88. The molecule has 0 aliphatic carbocycles. The number of nitrogens with one attached hydrogen (secondary N) is 2. The fourth-order valence-electron chi connectivity index (χ4n) is 2.94. The van der Waals surface area contributed by atoms with Crippen LogP contribution in [0.1, 0.15) is 31.8 Å². The van der Waals surface area contributed by atoms with E-state index in [-0.39, 0.29) is 12.5 Å². The second-order valence-electron chi connectivity index (χ2n) is 7.37. The predicted molar refractivity (Wildman–Crippen MR) is 130 cm³/mol. The van der Waals surface area contributed by atoms with E-state index in [4.69, 9.17) is 14.2 Å². The van der Waals surface area contributed by atoms with Crippen LogP contribution in [0.5, 0.6) is 17.2 Å². The van der Waals surface area contributed by atoms with Gasteiger partial charge < -0.3 is 19.5 Å². The third kappa shape index (κ3) is 7.16. The molecular weight excluding hydrogens is 450 g/mol. The lowest BCUT2D eigenvalue weighted by molar-refractivity contribution is -0.120. The number of carbonyl (C=O) groups excluding carboxylic acids is 3. The Labute approximate surface area is 202 Å². The molecule has 0 saturated carbocycles. The van der Waals surface area contributed by atoms with E-state index in [1.54, 1.807) is 48.5 Å². The number of ether oxygens (including phenoxy) is 3. The molecule has 2 N–H and O–H groups in total. The predicted octanol–water partition coefficient (Wildman–Crippen LogP) is 3.11. The van der Waals surface area contributed by atoms with Crippen LogP contribution in [-0.2, 0) is 4.79 Å². The molecule has 0 bridgehead atoms. The molecule has 0 atom stereocenters. The molecule has 35 heavy (non-hydrogen) atoms. The van der Waals surface area contributed by atoms with Gasteiger partial charge in [0.15, 0.2) is 11.5 Å². The zero-order valence-corrected chi connectivity index (χ0v) is 19.5. The van der Waals surface area contributed by atoms with Gasteiger partial charge in [-0.3, -0.25) is 9.59 Å². The van der Waals surface area contributed by atoms with Crippen LogP contribution in [0.4, 0.5) is 0 Å². The van der Waals surface area contributed by atoms with Crippen LogP contribution in [0.3, 0.4) is 0 Å². The first-order valence-electron chi connectivity index (χ1n) is 10.6. The second kappa shape index (κ2) is 12.0. The van der Waals surface area contributed by atoms with Gasteiger partial charge in [0.05, 0.1) is 32.5 Å². The molecule has 0 aliphatic rings. The van der Waals surface area contributed by atoms with E-state index in [0.717, 1.165) is 5.56 Å². The quantitative estimate of drug-likeness (QED) is 0.213. The number of benzene rings is 3. The molecular formula is C26H25N3O6. The van der Waals surface area contributed by atoms with Gasteiger partial charge in [0.1, 0.15) is 5.75 Å². The van der Waals surface area contributed by atoms with Crippen molar-refractivity contribution in [2.75, 3.05) is 20.8 Å². The summed E-state index contributed by atoms with van der Waals surface area (Å²) < 4.78 is 15.7. The first-order chi connectivity index (χ1) is 16.9. The van der Waals surface area contributed by atoms with Crippen molar-refractivity contribution >= 4 is 24.0 Å². The van der Waals surface area contributed by atoms with E-state index in [1.807, 2.05) is 19.1 Å². The zero-order chi connectivity index (χ0) is 25.2. The smallest absolute Gasteiger partial charge is 0.343 e. The Morgan fingerprint density at radius 2 is 1.51 bits per heavy atom. The summed E-state index contributed by atoms with van der Waals surface area (Å²) in [6, 6.07) is 18.3. The minimum absolute atomic E-state index is 0.213. The maximum atomic E-state index is 12.4. The summed E-state index contributed by atoms with van der Waals surface area (Å²) in [6.45, 7) is 1.71. The molecule has 3 aromatic carbocycles. The third-order valence-electron chi connectivity index (χ3n) is 4.84. The van der Waals surface area contributed by atoms with Gasteiger partial charge in [0, 0.05) is 5.56 Å². The molecule has 3 rings (SSSR count). The molecule has 0 heterocycles. The molecule has 9 nitrogen and oxygen atoms in total. The standard InChI is InChI=1S/C26H25N3O6/c1-17-4-8-19(9-5-17)25(31)27-16-24(30)29-28-15-18-6-11-21(12-7-18)35-26(32)20-10-13-22(33-2)23(14-20)34-3/h4-15H,16H2,1-3H3,(H,27,31)(H,29,30)/b28-15-. The van der Waals surface area contributed by atoms with Gasteiger partial charge in [-0.15, -0.1) is 0 Å². The molecule has 0 unspecified atom stereocenters. The topological polar surface area (TPSA) is 115 Å². The van der Waals surface area contributed by atoms with Crippen molar-refractivity contribution < 1.29 is 28.6 Å². The highest BCUT2D eigenvalue weighted by molar-refractivity contribution is 5.96. The van der Waals surface area contributed by atoms with Crippen LogP contribution in [-0.4, -0.2) is 44.8 Å². The van der Waals surface area contributed by atoms with Crippen molar-refractivity contribution in [3.05, 3.63) is 89.0 Å². The van der Waals surface area contributed by atoms with E-state index < -0.39 is 11.9 Å².